The molecule has 6 nitrogen and oxygen atoms in total. The molecule has 2 aromatic rings. The predicted molar refractivity (Wildman–Crippen MR) is 97.3 cm³/mol. The summed E-state index contributed by atoms with van der Waals surface area (Å²) < 4.78 is 10.9. The van der Waals surface area contributed by atoms with Gasteiger partial charge in [-0.3, -0.25) is 0 Å². The van der Waals surface area contributed by atoms with Gasteiger partial charge in [0, 0.05) is 24.8 Å². The largest absolute Gasteiger partial charge is 0.497 e. The number of likely N-dealkylation sites (tertiary alicyclic amines) is 1. The first-order valence-electron chi connectivity index (χ1n) is 8.37. The van der Waals surface area contributed by atoms with Gasteiger partial charge in [0.2, 0.25) is 0 Å². The van der Waals surface area contributed by atoms with E-state index in [0.717, 1.165) is 36.6 Å². The number of urea groups is 1. The fourth-order valence-electron chi connectivity index (χ4n) is 2.78. The van der Waals surface area contributed by atoms with E-state index < -0.39 is 0 Å². The Morgan fingerprint density at radius 3 is 2.28 bits per heavy atom. The second-order valence-corrected chi connectivity index (χ2v) is 6.08. The normalized spacial score (nSPS) is 17.0. The van der Waals surface area contributed by atoms with Crippen LogP contribution in [0.3, 0.4) is 0 Å². The molecule has 1 aliphatic rings. The highest BCUT2D eigenvalue weighted by molar-refractivity contribution is 5.89. The third kappa shape index (κ3) is 4.64. The SMILES string of the molecule is COc1ccc(Oc2ccc(NC(=O)N3CCC[C@@H](N)C3)cc2)cc1. The number of benzene rings is 2. The van der Waals surface area contributed by atoms with E-state index in [4.69, 9.17) is 15.2 Å². The van der Waals surface area contributed by atoms with Crippen LogP contribution in [0, 0.1) is 0 Å². The molecule has 2 aromatic carbocycles. The highest BCUT2D eigenvalue weighted by atomic mass is 16.5. The van der Waals surface area contributed by atoms with Crippen molar-refractivity contribution in [3.8, 4) is 17.2 Å². The number of piperidine rings is 1. The summed E-state index contributed by atoms with van der Waals surface area (Å²) in [5.41, 5.74) is 6.65. The average Bonchev–Trinajstić information content (AvgIpc) is 2.64. The van der Waals surface area contributed by atoms with Gasteiger partial charge < -0.3 is 25.4 Å². The van der Waals surface area contributed by atoms with Crippen LogP contribution in [-0.4, -0.2) is 37.2 Å². The van der Waals surface area contributed by atoms with Crippen molar-refractivity contribution in [1.29, 1.82) is 0 Å². The summed E-state index contributed by atoms with van der Waals surface area (Å²) in [6, 6.07) is 14.6. The minimum Gasteiger partial charge on any atom is -0.497 e. The topological polar surface area (TPSA) is 76.8 Å². The summed E-state index contributed by atoms with van der Waals surface area (Å²) in [6.07, 6.45) is 1.92. The van der Waals surface area contributed by atoms with E-state index in [9.17, 15) is 4.79 Å². The van der Waals surface area contributed by atoms with E-state index in [-0.39, 0.29) is 12.1 Å². The van der Waals surface area contributed by atoms with Gasteiger partial charge in [-0.1, -0.05) is 0 Å². The summed E-state index contributed by atoms with van der Waals surface area (Å²) in [6.45, 7) is 1.35. The molecule has 1 heterocycles. The minimum absolute atomic E-state index is 0.0692. The third-order valence-corrected chi connectivity index (χ3v) is 4.15. The maximum absolute atomic E-state index is 12.3. The van der Waals surface area contributed by atoms with E-state index in [0.29, 0.717) is 12.3 Å². The first-order chi connectivity index (χ1) is 12.1. The maximum Gasteiger partial charge on any atom is 0.321 e. The predicted octanol–water partition coefficient (Wildman–Crippen LogP) is 3.44. The van der Waals surface area contributed by atoms with Gasteiger partial charge in [0.25, 0.3) is 0 Å². The van der Waals surface area contributed by atoms with Crippen molar-refractivity contribution in [1.82, 2.24) is 4.90 Å². The van der Waals surface area contributed by atoms with Gasteiger partial charge in [-0.05, 0) is 61.4 Å². The number of amides is 2. The fourth-order valence-corrected chi connectivity index (χ4v) is 2.78. The number of ether oxygens (including phenoxy) is 2. The number of nitrogens with two attached hydrogens (primary N) is 1. The zero-order chi connectivity index (χ0) is 17.6. The molecule has 132 valence electrons. The van der Waals surface area contributed by atoms with E-state index in [1.165, 1.54) is 0 Å². The van der Waals surface area contributed by atoms with Crippen LogP contribution in [0.1, 0.15) is 12.8 Å². The van der Waals surface area contributed by atoms with Crippen LogP contribution >= 0.6 is 0 Å². The van der Waals surface area contributed by atoms with Crippen LogP contribution in [0.5, 0.6) is 17.2 Å². The lowest BCUT2D eigenvalue weighted by atomic mass is 10.1. The van der Waals surface area contributed by atoms with Gasteiger partial charge in [-0.2, -0.15) is 0 Å². The van der Waals surface area contributed by atoms with Crippen molar-refractivity contribution in [2.24, 2.45) is 5.73 Å². The molecule has 6 heteroatoms. The molecule has 1 atom stereocenters. The van der Waals surface area contributed by atoms with Gasteiger partial charge in [-0.25, -0.2) is 4.79 Å². The van der Waals surface area contributed by atoms with Crippen molar-refractivity contribution in [2.45, 2.75) is 18.9 Å². The Kier molecular flexibility index (Phi) is 5.40. The monoisotopic (exact) mass is 341 g/mol. The molecule has 3 rings (SSSR count). The van der Waals surface area contributed by atoms with Crippen LogP contribution < -0.4 is 20.5 Å². The Balaban J connectivity index is 1.57. The second-order valence-electron chi connectivity index (χ2n) is 6.08. The smallest absolute Gasteiger partial charge is 0.321 e. The first-order valence-corrected chi connectivity index (χ1v) is 8.37. The molecular formula is C19H23N3O3. The Hall–Kier alpha value is -2.73. The van der Waals surface area contributed by atoms with Gasteiger partial charge in [0.15, 0.2) is 0 Å². The zero-order valence-electron chi connectivity index (χ0n) is 14.3. The summed E-state index contributed by atoms with van der Waals surface area (Å²) in [4.78, 5) is 14.0. The van der Waals surface area contributed by atoms with E-state index in [1.807, 2.05) is 48.5 Å². The number of anilines is 1. The summed E-state index contributed by atoms with van der Waals surface area (Å²) in [5.74, 6) is 2.20. The Labute approximate surface area is 147 Å². The first kappa shape index (κ1) is 17.1. The van der Waals surface area contributed by atoms with Gasteiger partial charge in [0.1, 0.15) is 17.2 Å². The van der Waals surface area contributed by atoms with Gasteiger partial charge >= 0.3 is 6.03 Å². The Bertz CT molecular complexity index is 701. The van der Waals surface area contributed by atoms with Crippen molar-refractivity contribution >= 4 is 11.7 Å². The standard InChI is InChI=1S/C19H23N3O3/c1-24-16-8-10-18(11-9-16)25-17-6-4-15(5-7-17)21-19(23)22-12-2-3-14(20)13-22/h4-11,14H,2-3,12-13,20H2,1H3,(H,21,23)/t14-/m1/s1. The number of nitrogens with one attached hydrogen (secondary N) is 1. The van der Waals surface area contributed by atoms with Crippen molar-refractivity contribution in [3.05, 3.63) is 48.5 Å². The number of hydrogen-bond acceptors (Lipinski definition) is 4. The molecule has 2 amide bonds. The fraction of sp³-hybridized carbons (Fsp3) is 0.316. The number of methoxy groups -OCH3 is 1. The molecular weight excluding hydrogens is 318 g/mol. The molecule has 25 heavy (non-hydrogen) atoms. The molecule has 0 unspecified atom stereocenters. The number of carbonyl (C=O) groups is 1. The van der Waals surface area contributed by atoms with Gasteiger partial charge in [-0.15, -0.1) is 0 Å². The van der Waals surface area contributed by atoms with Crippen LogP contribution in [0.4, 0.5) is 10.5 Å². The molecule has 0 bridgehead atoms. The lowest BCUT2D eigenvalue weighted by molar-refractivity contribution is 0.193. The van der Waals surface area contributed by atoms with Gasteiger partial charge in [0.05, 0.1) is 7.11 Å². The number of rotatable bonds is 4. The lowest BCUT2D eigenvalue weighted by Gasteiger charge is -2.30. The van der Waals surface area contributed by atoms with Crippen molar-refractivity contribution in [2.75, 3.05) is 25.5 Å². The highest BCUT2D eigenvalue weighted by Gasteiger charge is 2.21. The minimum atomic E-state index is -0.112. The number of nitrogens with zero attached hydrogens (tertiary/aromatic N) is 1. The number of carbonyl (C=O) groups excluding carboxylic acids is 1. The Morgan fingerprint density at radius 1 is 1.08 bits per heavy atom. The maximum atomic E-state index is 12.3. The molecule has 1 aliphatic heterocycles. The molecule has 3 N–H and O–H groups in total. The van der Waals surface area contributed by atoms with Crippen molar-refractivity contribution in [3.63, 3.8) is 0 Å². The molecule has 1 fully saturated rings. The molecule has 0 saturated carbocycles. The van der Waals surface area contributed by atoms with Crippen LogP contribution in [0.2, 0.25) is 0 Å². The molecule has 0 radical (unpaired) electrons. The Morgan fingerprint density at radius 2 is 1.68 bits per heavy atom. The summed E-state index contributed by atoms with van der Waals surface area (Å²) in [7, 11) is 1.63. The van der Waals surface area contributed by atoms with E-state index in [1.54, 1.807) is 12.0 Å². The van der Waals surface area contributed by atoms with Crippen LogP contribution in [-0.2, 0) is 0 Å². The molecule has 0 aliphatic carbocycles. The second kappa shape index (κ2) is 7.90. The van der Waals surface area contributed by atoms with E-state index in [2.05, 4.69) is 5.32 Å². The molecule has 1 saturated heterocycles. The lowest BCUT2D eigenvalue weighted by Crippen LogP contribution is -2.47. The molecule has 0 aromatic heterocycles. The highest BCUT2D eigenvalue weighted by Crippen LogP contribution is 2.25. The third-order valence-electron chi connectivity index (χ3n) is 4.15. The number of hydrogen-bond donors (Lipinski definition) is 2. The summed E-state index contributed by atoms with van der Waals surface area (Å²) >= 11 is 0. The van der Waals surface area contributed by atoms with Crippen LogP contribution in [0.15, 0.2) is 48.5 Å². The summed E-state index contributed by atoms with van der Waals surface area (Å²) in [5, 5.41) is 2.90. The zero-order valence-corrected chi connectivity index (χ0v) is 14.3. The molecule has 0 spiro atoms. The average molecular weight is 341 g/mol. The van der Waals surface area contributed by atoms with Crippen molar-refractivity contribution < 1.29 is 14.3 Å². The quantitative estimate of drug-likeness (QED) is 0.893. The van der Waals surface area contributed by atoms with E-state index >= 15 is 0 Å². The van der Waals surface area contributed by atoms with Crippen LogP contribution in [0.25, 0.3) is 0 Å².